The first-order valence-corrected chi connectivity index (χ1v) is 5.30. The van der Waals surface area contributed by atoms with Gasteiger partial charge in [0.15, 0.2) is 5.60 Å². The second kappa shape index (κ2) is 3.61. The van der Waals surface area contributed by atoms with Crippen LogP contribution in [-0.4, -0.2) is 18.1 Å². The Labute approximate surface area is 98.9 Å². The average molecular weight is 238 g/mol. The van der Waals surface area contributed by atoms with Gasteiger partial charge in [0.1, 0.15) is 0 Å². The summed E-state index contributed by atoms with van der Waals surface area (Å²) in [6.45, 7) is 3.56. The molecule has 1 aromatic rings. The van der Waals surface area contributed by atoms with Crippen molar-refractivity contribution in [2.75, 3.05) is 11.9 Å². The lowest BCUT2D eigenvalue weighted by Gasteiger charge is -2.19. The van der Waals surface area contributed by atoms with Crippen LogP contribution in [0.25, 0.3) is 0 Å². The van der Waals surface area contributed by atoms with Gasteiger partial charge < -0.3 is 10.0 Å². The Morgan fingerprint density at radius 1 is 1.62 bits per heavy atom. The average Bonchev–Trinajstić information content (AvgIpc) is 2.42. The monoisotopic (exact) mass is 237 g/mol. The van der Waals surface area contributed by atoms with Crippen LogP contribution in [0.2, 0.25) is 5.02 Å². The third kappa shape index (κ3) is 1.36. The minimum atomic E-state index is -1.52. The Morgan fingerprint density at radius 2 is 2.31 bits per heavy atom. The molecule has 0 radical (unpaired) electrons. The van der Waals surface area contributed by atoms with E-state index in [1.54, 1.807) is 25.2 Å². The molecule has 1 heterocycles. The van der Waals surface area contributed by atoms with Gasteiger partial charge in [-0.1, -0.05) is 17.7 Å². The number of hydrogen-bond donors (Lipinski definition) is 1. The van der Waals surface area contributed by atoms with Crippen molar-refractivity contribution in [1.29, 1.82) is 0 Å². The van der Waals surface area contributed by atoms with Crippen LogP contribution in [0, 0.1) is 0 Å². The van der Waals surface area contributed by atoms with Crippen LogP contribution in [0.3, 0.4) is 0 Å². The summed E-state index contributed by atoms with van der Waals surface area (Å²) in [5.41, 5.74) is -0.275. The van der Waals surface area contributed by atoms with Crippen molar-refractivity contribution in [3.63, 3.8) is 0 Å². The van der Waals surface area contributed by atoms with Gasteiger partial charge in [-0.25, -0.2) is 0 Å². The molecule has 1 amide bonds. The predicted octanol–water partition coefficient (Wildman–Crippen LogP) is 2.08. The van der Waals surface area contributed by atoms with E-state index in [4.69, 9.17) is 11.6 Å². The number of benzene rings is 1. The summed E-state index contributed by atoms with van der Waals surface area (Å²) in [5.74, 6) is -0.343. The van der Waals surface area contributed by atoms with Crippen LogP contribution in [0.5, 0.6) is 0 Å². The summed E-state index contributed by atoms with van der Waals surface area (Å²) >= 11 is 5.88. The van der Waals surface area contributed by atoms with E-state index in [2.05, 4.69) is 6.58 Å². The zero-order chi connectivity index (χ0) is 11.9. The van der Waals surface area contributed by atoms with E-state index in [-0.39, 0.29) is 12.3 Å². The number of nitrogens with zero attached hydrogens (tertiary/aromatic N) is 1. The highest BCUT2D eigenvalue weighted by Crippen LogP contribution is 2.42. The molecule has 0 aliphatic carbocycles. The second-order valence-corrected chi connectivity index (χ2v) is 4.32. The third-order valence-electron chi connectivity index (χ3n) is 2.86. The van der Waals surface area contributed by atoms with Crippen molar-refractivity contribution in [2.45, 2.75) is 12.0 Å². The lowest BCUT2D eigenvalue weighted by atomic mass is 9.92. The molecule has 4 heteroatoms. The quantitative estimate of drug-likeness (QED) is 0.800. The fraction of sp³-hybridized carbons (Fsp3) is 0.250. The van der Waals surface area contributed by atoms with E-state index in [0.717, 1.165) is 0 Å². The van der Waals surface area contributed by atoms with Gasteiger partial charge in [-0.2, -0.15) is 0 Å². The molecule has 2 rings (SSSR count). The molecule has 16 heavy (non-hydrogen) atoms. The summed E-state index contributed by atoms with van der Waals surface area (Å²) in [7, 11) is 1.64. The molecular weight excluding hydrogens is 226 g/mol. The van der Waals surface area contributed by atoms with Crippen molar-refractivity contribution in [1.82, 2.24) is 0 Å². The van der Waals surface area contributed by atoms with Crippen molar-refractivity contribution >= 4 is 23.2 Å². The van der Waals surface area contributed by atoms with Gasteiger partial charge in [-0.05, 0) is 18.2 Å². The molecule has 1 aliphatic rings. The molecule has 0 aromatic heterocycles. The first-order chi connectivity index (χ1) is 7.50. The van der Waals surface area contributed by atoms with Gasteiger partial charge >= 0.3 is 0 Å². The first-order valence-electron chi connectivity index (χ1n) is 4.92. The maximum Gasteiger partial charge on any atom is 0.263 e. The molecule has 1 N–H and O–H groups in total. The molecule has 3 nitrogen and oxygen atoms in total. The first kappa shape index (κ1) is 11.2. The summed E-state index contributed by atoms with van der Waals surface area (Å²) in [5, 5.41) is 10.9. The van der Waals surface area contributed by atoms with Gasteiger partial charge in [0.05, 0.1) is 5.69 Å². The highest BCUT2D eigenvalue weighted by Gasteiger charge is 2.47. The molecule has 84 valence electrons. The standard InChI is InChI=1S/C12H12ClNO2/c1-3-6-12(16)9-7-8(13)4-5-10(9)14(2)11(12)15/h3-5,7,16H,1,6H2,2H3. The van der Waals surface area contributed by atoms with E-state index in [9.17, 15) is 9.90 Å². The number of halogens is 1. The number of anilines is 1. The zero-order valence-corrected chi connectivity index (χ0v) is 9.66. The number of carbonyl (C=O) groups excluding carboxylic acids is 1. The Bertz CT molecular complexity index is 472. The summed E-state index contributed by atoms with van der Waals surface area (Å²) in [6, 6.07) is 5.06. The Balaban J connectivity index is 2.63. The van der Waals surface area contributed by atoms with E-state index in [1.807, 2.05) is 0 Å². The molecule has 0 fully saturated rings. The lowest BCUT2D eigenvalue weighted by molar-refractivity contribution is -0.135. The molecule has 1 aliphatic heterocycles. The van der Waals surface area contributed by atoms with Crippen molar-refractivity contribution < 1.29 is 9.90 Å². The highest BCUT2D eigenvalue weighted by molar-refractivity contribution is 6.31. The molecule has 0 saturated heterocycles. The fourth-order valence-corrected chi connectivity index (χ4v) is 2.21. The number of likely N-dealkylation sites (N-methyl/N-ethyl adjacent to an activating group) is 1. The normalized spacial score (nSPS) is 23.4. The van der Waals surface area contributed by atoms with Crippen molar-refractivity contribution in [3.8, 4) is 0 Å². The number of carbonyl (C=O) groups is 1. The zero-order valence-electron chi connectivity index (χ0n) is 8.90. The Hall–Kier alpha value is -1.32. The predicted molar refractivity (Wildman–Crippen MR) is 63.6 cm³/mol. The van der Waals surface area contributed by atoms with Gasteiger partial charge in [0.2, 0.25) is 0 Å². The number of hydrogen-bond acceptors (Lipinski definition) is 2. The van der Waals surface area contributed by atoms with Crippen LogP contribution in [0.4, 0.5) is 5.69 Å². The van der Waals surface area contributed by atoms with Crippen LogP contribution in [-0.2, 0) is 10.4 Å². The minimum absolute atomic E-state index is 0.184. The topological polar surface area (TPSA) is 40.5 Å². The number of fused-ring (bicyclic) bond motifs is 1. The molecule has 1 atom stereocenters. The van der Waals surface area contributed by atoms with E-state index < -0.39 is 5.60 Å². The number of rotatable bonds is 2. The van der Waals surface area contributed by atoms with E-state index in [1.165, 1.54) is 11.0 Å². The van der Waals surface area contributed by atoms with E-state index >= 15 is 0 Å². The van der Waals surface area contributed by atoms with E-state index in [0.29, 0.717) is 16.3 Å². The minimum Gasteiger partial charge on any atom is -0.375 e. The van der Waals surface area contributed by atoms with Gasteiger partial charge in [0.25, 0.3) is 5.91 Å². The number of amides is 1. The SMILES string of the molecule is C=CCC1(O)C(=O)N(C)c2ccc(Cl)cc21. The maximum absolute atomic E-state index is 12.0. The summed E-state index contributed by atoms with van der Waals surface area (Å²) in [4.78, 5) is 13.4. The second-order valence-electron chi connectivity index (χ2n) is 3.88. The molecule has 1 unspecified atom stereocenters. The fourth-order valence-electron chi connectivity index (χ4n) is 2.04. The van der Waals surface area contributed by atoms with Crippen molar-refractivity contribution in [2.24, 2.45) is 0 Å². The van der Waals surface area contributed by atoms with Gasteiger partial charge in [-0.15, -0.1) is 6.58 Å². The largest absolute Gasteiger partial charge is 0.375 e. The van der Waals surface area contributed by atoms with Crippen LogP contribution < -0.4 is 4.90 Å². The molecule has 0 spiro atoms. The Kier molecular flexibility index (Phi) is 2.52. The van der Waals surface area contributed by atoms with Gasteiger partial charge in [0, 0.05) is 24.1 Å². The molecule has 0 saturated carbocycles. The summed E-state index contributed by atoms with van der Waals surface area (Å²) in [6.07, 6.45) is 1.71. The van der Waals surface area contributed by atoms with Crippen LogP contribution >= 0.6 is 11.6 Å². The number of aliphatic hydroxyl groups is 1. The lowest BCUT2D eigenvalue weighted by Crippen LogP contribution is -2.38. The highest BCUT2D eigenvalue weighted by atomic mass is 35.5. The summed E-state index contributed by atoms with van der Waals surface area (Å²) < 4.78 is 0. The van der Waals surface area contributed by atoms with Gasteiger partial charge in [-0.3, -0.25) is 4.79 Å². The molecule has 0 bridgehead atoms. The molecule has 1 aromatic carbocycles. The Morgan fingerprint density at radius 3 is 2.94 bits per heavy atom. The smallest absolute Gasteiger partial charge is 0.263 e. The molecular formula is C12H12ClNO2. The maximum atomic E-state index is 12.0. The third-order valence-corrected chi connectivity index (χ3v) is 3.10. The van der Waals surface area contributed by atoms with Crippen LogP contribution in [0.1, 0.15) is 12.0 Å². The van der Waals surface area contributed by atoms with Crippen molar-refractivity contribution in [3.05, 3.63) is 41.4 Å². The van der Waals surface area contributed by atoms with Crippen LogP contribution in [0.15, 0.2) is 30.9 Å².